The minimum absolute atomic E-state index is 0.117. The first kappa shape index (κ1) is 26.1. The summed E-state index contributed by atoms with van der Waals surface area (Å²) < 4.78 is 10.6. The summed E-state index contributed by atoms with van der Waals surface area (Å²) >= 11 is 6.02. The number of nitrogens with zero attached hydrogens (tertiary/aromatic N) is 1. The van der Waals surface area contributed by atoms with Crippen molar-refractivity contribution in [2.24, 2.45) is 0 Å². The van der Waals surface area contributed by atoms with Gasteiger partial charge >= 0.3 is 0 Å². The number of halogens is 1. The second-order valence-corrected chi connectivity index (χ2v) is 8.65. The van der Waals surface area contributed by atoms with Gasteiger partial charge in [0.1, 0.15) is 6.04 Å². The molecule has 0 fully saturated rings. The molecule has 1 atom stereocenters. The minimum atomic E-state index is -0.646. The summed E-state index contributed by atoms with van der Waals surface area (Å²) in [6.45, 7) is 2.50. The Morgan fingerprint density at radius 3 is 2.20 bits per heavy atom. The van der Waals surface area contributed by atoms with Crippen LogP contribution in [0, 0.1) is 0 Å². The lowest BCUT2D eigenvalue weighted by Crippen LogP contribution is -2.48. The quantitative estimate of drug-likeness (QED) is 0.420. The van der Waals surface area contributed by atoms with E-state index < -0.39 is 6.04 Å². The number of ether oxygens (including phenoxy) is 2. The molecule has 35 heavy (non-hydrogen) atoms. The average Bonchev–Trinajstić information content (AvgIpc) is 2.88. The van der Waals surface area contributed by atoms with Crippen molar-refractivity contribution in [1.82, 2.24) is 10.2 Å². The number of hydrogen-bond donors (Lipinski definition) is 1. The predicted octanol–water partition coefficient (Wildman–Crippen LogP) is 4.68. The molecule has 6 nitrogen and oxygen atoms in total. The van der Waals surface area contributed by atoms with Gasteiger partial charge in [-0.15, -0.1) is 0 Å². The first-order valence-electron chi connectivity index (χ1n) is 11.5. The fourth-order valence-corrected chi connectivity index (χ4v) is 3.88. The first-order chi connectivity index (χ1) is 16.9. The van der Waals surface area contributed by atoms with Gasteiger partial charge in [0.2, 0.25) is 11.8 Å². The topological polar surface area (TPSA) is 67.9 Å². The average molecular weight is 495 g/mol. The lowest BCUT2D eigenvalue weighted by Gasteiger charge is -2.29. The number of carbonyl (C=O) groups is 2. The third kappa shape index (κ3) is 7.49. The Bertz CT molecular complexity index is 1120. The number of hydrogen-bond acceptors (Lipinski definition) is 4. The number of amides is 2. The van der Waals surface area contributed by atoms with Crippen LogP contribution < -0.4 is 14.8 Å². The zero-order valence-electron chi connectivity index (χ0n) is 20.3. The largest absolute Gasteiger partial charge is 0.493 e. The highest BCUT2D eigenvalue weighted by molar-refractivity contribution is 6.30. The van der Waals surface area contributed by atoms with Crippen LogP contribution in [0.4, 0.5) is 0 Å². The Balaban J connectivity index is 1.67. The Hall–Kier alpha value is -3.51. The van der Waals surface area contributed by atoms with Crippen molar-refractivity contribution in [3.05, 3.63) is 94.5 Å². The summed E-state index contributed by atoms with van der Waals surface area (Å²) in [4.78, 5) is 27.9. The second kappa shape index (κ2) is 12.8. The predicted molar refractivity (Wildman–Crippen MR) is 138 cm³/mol. The summed E-state index contributed by atoms with van der Waals surface area (Å²) in [6, 6.07) is 21.9. The first-order valence-corrected chi connectivity index (χ1v) is 11.9. The maximum atomic E-state index is 13.3. The molecule has 0 saturated heterocycles. The van der Waals surface area contributed by atoms with Gasteiger partial charge in [-0.05, 0) is 54.3 Å². The van der Waals surface area contributed by atoms with Crippen molar-refractivity contribution in [1.29, 1.82) is 0 Å². The summed E-state index contributed by atoms with van der Waals surface area (Å²) in [7, 11) is 3.18. The Labute approximate surface area is 211 Å². The number of methoxy groups -OCH3 is 2. The summed E-state index contributed by atoms with van der Waals surface area (Å²) in [5.74, 6) is 0.976. The van der Waals surface area contributed by atoms with Crippen molar-refractivity contribution >= 4 is 23.4 Å². The van der Waals surface area contributed by atoms with Crippen LogP contribution in [0.3, 0.4) is 0 Å². The lowest BCUT2D eigenvalue weighted by atomic mass is 10.1. The van der Waals surface area contributed by atoms with Crippen molar-refractivity contribution in [3.63, 3.8) is 0 Å². The van der Waals surface area contributed by atoms with E-state index in [1.807, 2.05) is 60.7 Å². The van der Waals surface area contributed by atoms with Crippen molar-refractivity contribution in [2.75, 3.05) is 20.8 Å². The molecule has 1 N–H and O–H groups in total. The van der Waals surface area contributed by atoms with Gasteiger partial charge in [-0.2, -0.15) is 0 Å². The van der Waals surface area contributed by atoms with Crippen LogP contribution in [-0.4, -0.2) is 43.5 Å². The van der Waals surface area contributed by atoms with E-state index in [0.717, 1.165) is 16.7 Å². The maximum absolute atomic E-state index is 13.3. The minimum Gasteiger partial charge on any atom is -0.493 e. The van der Waals surface area contributed by atoms with Gasteiger partial charge in [0.15, 0.2) is 11.5 Å². The van der Waals surface area contributed by atoms with Crippen LogP contribution in [0.5, 0.6) is 11.5 Å². The fraction of sp³-hybridized carbons (Fsp3) is 0.286. The maximum Gasteiger partial charge on any atom is 0.242 e. The highest BCUT2D eigenvalue weighted by atomic mass is 35.5. The number of benzene rings is 3. The van der Waals surface area contributed by atoms with Gasteiger partial charge in [0, 0.05) is 18.1 Å². The summed E-state index contributed by atoms with van der Waals surface area (Å²) in [5, 5.41) is 3.59. The Morgan fingerprint density at radius 1 is 0.886 bits per heavy atom. The zero-order chi connectivity index (χ0) is 25.2. The molecular weight excluding hydrogens is 464 g/mol. The smallest absolute Gasteiger partial charge is 0.242 e. The van der Waals surface area contributed by atoms with E-state index in [9.17, 15) is 9.59 Å². The third-order valence-corrected chi connectivity index (χ3v) is 6.04. The van der Waals surface area contributed by atoms with Crippen molar-refractivity contribution in [3.8, 4) is 11.5 Å². The van der Waals surface area contributed by atoms with Crippen LogP contribution in [0.15, 0.2) is 72.8 Å². The Kier molecular flexibility index (Phi) is 9.56. The molecule has 0 saturated carbocycles. The Morgan fingerprint density at radius 2 is 1.54 bits per heavy atom. The second-order valence-electron chi connectivity index (χ2n) is 8.22. The van der Waals surface area contributed by atoms with E-state index >= 15 is 0 Å². The van der Waals surface area contributed by atoms with E-state index in [1.54, 1.807) is 38.2 Å². The molecule has 2 amide bonds. The van der Waals surface area contributed by atoms with Crippen molar-refractivity contribution in [2.45, 2.75) is 32.4 Å². The summed E-state index contributed by atoms with van der Waals surface area (Å²) in [6.07, 6.45) is 0.839. The van der Waals surface area contributed by atoms with Gasteiger partial charge in [0.25, 0.3) is 0 Å². The standard InChI is InChI=1S/C28H31ClN2O4/c1-20(28(33)30-16-15-22-11-14-25(34-2)26(17-22)35-3)31(19-23-9-12-24(29)13-10-23)27(32)18-21-7-5-4-6-8-21/h4-14,17,20H,15-16,18-19H2,1-3H3,(H,30,33)/t20-/m1/s1. The SMILES string of the molecule is COc1ccc(CCNC(=O)[C@@H](C)N(Cc2ccc(Cl)cc2)C(=O)Cc2ccccc2)cc1OC. The van der Waals surface area contributed by atoms with Crippen molar-refractivity contribution < 1.29 is 19.1 Å². The molecule has 184 valence electrons. The van der Waals surface area contributed by atoms with Crippen LogP contribution in [0.2, 0.25) is 5.02 Å². The van der Waals surface area contributed by atoms with Gasteiger partial charge in [-0.3, -0.25) is 9.59 Å². The molecule has 0 bridgehead atoms. The van der Waals surface area contributed by atoms with Gasteiger partial charge < -0.3 is 19.7 Å². The molecule has 3 aromatic carbocycles. The molecule has 3 rings (SSSR count). The van der Waals surface area contributed by atoms with E-state index in [1.165, 1.54) is 0 Å². The van der Waals surface area contributed by atoms with Gasteiger partial charge in [-0.1, -0.05) is 60.1 Å². The number of nitrogens with one attached hydrogen (secondary N) is 1. The lowest BCUT2D eigenvalue weighted by molar-refractivity contribution is -0.140. The monoisotopic (exact) mass is 494 g/mol. The molecular formula is C28H31ClN2O4. The molecule has 0 aromatic heterocycles. The van der Waals surface area contributed by atoms with Crippen LogP contribution in [0.25, 0.3) is 0 Å². The van der Waals surface area contributed by atoms with Crippen LogP contribution >= 0.6 is 11.6 Å². The molecule has 0 heterocycles. The van der Waals surface area contributed by atoms with Gasteiger partial charge in [-0.25, -0.2) is 0 Å². The molecule has 0 spiro atoms. The number of carbonyl (C=O) groups excluding carboxylic acids is 2. The van der Waals surface area contributed by atoms with Crippen LogP contribution in [-0.2, 0) is 29.0 Å². The van der Waals surface area contributed by atoms with E-state index in [0.29, 0.717) is 36.0 Å². The number of rotatable bonds is 11. The van der Waals surface area contributed by atoms with E-state index in [2.05, 4.69) is 5.32 Å². The molecule has 0 aliphatic heterocycles. The molecule has 0 aliphatic carbocycles. The normalized spacial score (nSPS) is 11.4. The third-order valence-electron chi connectivity index (χ3n) is 5.79. The molecule has 3 aromatic rings. The van der Waals surface area contributed by atoms with E-state index in [4.69, 9.17) is 21.1 Å². The highest BCUT2D eigenvalue weighted by Crippen LogP contribution is 2.27. The fourth-order valence-electron chi connectivity index (χ4n) is 3.76. The van der Waals surface area contributed by atoms with Crippen LogP contribution in [0.1, 0.15) is 23.6 Å². The van der Waals surface area contributed by atoms with E-state index in [-0.39, 0.29) is 18.2 Å². The molecule has 0 radical (unpaired) electrons. The summed E-state index contributed by atoms with van der Waals surface area (Å²) in [5.41, 5.74) is 2.81. The zero-order valence-corrected chi connectivity index (χ0v) is 21.0. The molecule has 0 aliphatic rings. The molecule has 0 unspecified atom stereocenters. The molecule has 7 heteroatoms. The van der Waals surface area contributed by atoms with Gasteiger partial charge in [0.05, 0.1) is 20.6 Å². The highest BCUT2D eigenvalue weighted by Gasteiger charge is 2.26.